The van der Waals surface area contributed by atoms with E-state index >= 15 is 0 Å². The van der Waals surface area contributed by atoms with Crippen molar-refractivity contribution in [2.75, 3.05) is 28.5 Å². The maximum Gasteiger partial charge on any atom is 0.296 e. The molecule has 0 spiro atoms. The standard InChI is InChI=1S/C32H30ClN5O7S2/c1-21-30(32(40)38(36(21)2)25-10-6-5-7-11-25)37(3)47(43,44)27-12-8-9-22(19-27)31(39)34-24-15-18-28(33)29(20-24)46(41,42)35-23-13-16-26(45-4)17-14-23/h5-20,35H,1-4H3,(H,34,39). The zero-order valence-electron chi connectivity index (χ0n) is 25.6. The first-order valence-electron chi connectivity index (χ1n) is 14.0. The van der Waals surface area contributed by atoms with E-state index in [1.807, 2.05) is 0 Å². The predicted octanol–water partition coefficient (Wildman–Crippen LogP) is 5.02. The van der Waals surface area contributed by atoms with Crippen LogP contribution in [-0.4, -0.2) is 46.3 Å². The molecule has 0 saturated carbocycles. The number of carbonyl (C=O) groups is 1. The van der Waals surface area contributed by atoms with Crippen molar-refractivity contribution in [1.82, 2.24) is 9.36 Å². The van der Waals surface area contributed by atoms with Gasteiger partial charge in [-0.05, 0) is 79.7 Å². The topological polar surface area (TPSA) is 149 Å². The molecule has 2 N–H and O–H groups in total. The van der Waals surface area contributed by atoms with E-state index in [1.165, 1.54) is 73.4 Å². The van der Waals surface area contributed by atoms with Crippen molar-refractivity contribution < 1.29 is 26.4 Å². The molecule has 0 fully saturated rings. The molecule has 0 aliphatic carbocycles. The van der Waals surface area contributed by atoms with Crippen LogP contribution in [0.25, 0.3) is 5.69 Å². The van der Waals surface area contributed by atoms with Crippen LogP contribution in [0, 0.1) is 6.92 Å². The number of halogens is 1. The van der Waals surface area contributed by atoms with Gasteiger partial charge in [0.05, 0.1) is 28.4 Å². The van der Waals surface area contributed by atoms with Crippen molar-refractivity contribution in [3.8, 4) is 11.4 Å². The average molecular weight is 696 g/mol. The number of amides is 1. The molecule has 1 heterocycles. The van der Waals surface area contributed by atoms with Crippen LogP contribution < -0.4 is 24.6 Å². The largest absolute Gasteiger partial charge is 0.497 e. The molecule has 0 aliphatic rings. The number of anilines is 3. The molecule has 0 unspecified atom stereocenters. The number of aromatic nitrogens is 2. The van der Waals surface area contributed by atoms with Gasteiger partial charge in [-0.1, -0.05) is 35.9 Å². The Morgan fingerprint density at radius 2 is 1.53 bits per heavy atom. The molecule has 1 amide bonds. The van der Waals surface area contributed by atoms with Crippen LogP contribution in [-0.2, 0) is 27.1 Å². The maximum atomic E-state index is 13.7. The first-order valence-corrected chi connectivity index (χ1v) is 17.3. The van der Waals surface area contributed by atoms with E-state index in [1.54, 1.807) is 61.1 Å². The highest BCUT2D eigenvalue weighted by atomic mass is 35.5. The van der Waals surface area contributed by atoms with E-state index in [2.05, 4.69) is 10.0 Å². The molecule has 244 valence electrons. The minimum absolute atomic E-state index is 0.0262. The van der Waals surface area contributed by atoms with Crippen molar-refractivity contribution in [3.05, 3.63) is 124 Å². The first kappa shape index (κ1) is 33.3. The molecule has 1 aromatic heterocycles. The van der Waals surface area contributed by atoms with Crippen molar-refractivity contribution in [2.24, 2.45) is 7.05 Å². The third-order valence-electron chi connectivity index (χ3n) is 7.41. The number of sulfonamides is 2. The van der Waals surface area contributed by atoms with Gasteiger partial charge in [-0.3, -0.25) is 23.3 Å². The van der Waals surface area contributed by atoms with Gasteiger partial charge in [0.1, 0.15) is 16.3 Å². The van der Waals surface area contributed by atoms with E-state index in [0.29, 0.717) is 17.1 Å². The van der Waals surface area contributed by atoms with E-state index in [0.717, 1.165) is 4.31 Å². The molecule has 15 heteroatoms. The summed E-state index contributed by atoms with van der Waals surface area (Å²) >= 11 is 6.22. The lowest BCUT2D eigenvalue weighted by atomic mass is 10.2. The number of para-hydroxylation sites is 1. The summed E-state index contributed by atoms with van der Waals surface area (Å²) in [6.45, 7) is 1.64. The number of carbonyl (C=O) groups excluding carboxylic acids is 1. The molecule has 12 nitrogen and oxygen atoms in total. The van der Waals surface area contributed by atoms with E-state index in [-0.39, 0.29) is 37.4 Å². The third-order valence-corrected chi connectivity index (χ3v) is 11.0. The zero-order valence-corrected chi connectivity index (χ0v) is 28.0. The molecule has 5 rings (SSSR count). The second-order valence-electron chi connectivity index (χ2n) is 10.3. The van der Waals surface area contributed by atoms with Gasteiger partial charge in [0.2, 0.25) is 0 Å². The summed E-state index contributed by atoms with van der Waals surface area (Å²) in [6, 6.07) is 24.2. The normalized spacial score (nSPS) is 11.6. The summed E-state index contributed by atoms with van der Waals surface area (Å²) in [5.74, 6) is -0.165. The second-order valence-corrected chi connectivity index (χ2v) is 14.4. The molecule has 4 aromatic carbocycles. The van der Waals surface area contributed by atoms with Crippen LogP contribution in [0.2, 0.25) is 5.02 Å². The Bertz CT molecular complexity index is 2250. The molecule has 0 saturated heterocycles. The first-order chi connectivity index (χ1) is 22.2. The predicted molar refractivity (Wildman–Crippen MR) is 181 cm³/mol. The number of hydrogen-bond donors (Lipinski definition) is 2. The van der Waals surface area contributed by atoms with E-state index < -0.39 is 31.5 Å². The number of nitrogens with zero attached hydrogens (tertiary/aromatic N) is 3. The molecule has 47 heavy (non-hydrogen) atoms. The number of methoxy groups -OCH3 is 1. The molecule has 0 atom stereocenters. The number of rotatable bonds is 10. The van der Waals surface area contributed by atoms with Gasteiger partial charge in [-0.15, -0.1) is 0 Å². The zero-order chi connectivity index (χ0) is 34.1. The van der Waals surface area contributed by atoms with Crippen molar-refractivity contribution in [3.63, 3.8) is 0 Å². The lowest BCUT2D eigenvalue weighted by molar-refractivity contribution is 0.102. The monoisotopic (exact) mass is 695 g/mol. The van der Waals surface area contributed by atoms with Gasteiger partial charge >= 0.3 is 0 Å². The number of ether oxygens (including phenoxy) is 1. The van der Waals surface area contributed by atoms with Crippen LogP contribution in [0.4, 0.5) is 17.1 Å². The van der Waals surface area contributed by atoms with Crippen LogP contribution in [0.15, 0.2) is 112 Å². The van der Waals surface area contributed by atoms with Crippen molar-refractivity contribution in [1.29, 1.82) is 0 Å². The van der Waals surface area contributed by atoms with Crippen LogP contribution in [0.1, 0.15) is 16.1 Å². The maximum absolute atomic E-state index is 13.7. The van der Waals surface area contributed by atoms with Gasteiger partial charge < -0.3 is 10.1 Å². The molecule has 0 bridgehead atoms. The van der Waals surface area contributed by atoms with Crippen molar-refractivity contribution >= 4 is 54.6 Å². The third kappa shape index (κ3) is 6.61. The van der Waals surface area contributed by atoms with Gasteiger partial charge in [-0.25, -0.2) is 21.5 Å². The Hall–Kier alpha value is -5.05. The van der Waals surface area contributed by atoms with E-state index in [9.17, 15) is 26.4 Å². The number of hydrogen-bond acceptors (Lipinski definition) is 7. The Balaban J connectivity index is 1.40. The highest BCUT2D eigenvalue weighted by Crippen LogP contribution is 2.29. The summed E-state index contributed by atoms with van der Waals surface area (Å²) < 4.78 is 65.1. The molecule has 0 radical (unpaired) electrons. The summed E-state index contributed by atoms with van der Waals surface area (Å²) in [5, 5.41) is 2.51. The molecular weight excluding hydrogens is 666 g/mol. The summed E-state index contributed by atoms with van der Waals surface area (Å²) in [4.78, 5) is 26.2. The van der Waals surface area contributed by atoms with E-state index in [4.69, 9.17) is 16.3 Å². The van der Waals surface area contributed by atoms with Gasteiger partial charge in [-0.2, -0.15) is 0 Å². The quantitative estimate of drug-likeness (QED) is 0.208. The van der Waals surface area contributed by atoms with Gasteiger partial charge in [0.25, 0.3) is 31.5 Å². The van der Waals surface area contributed by atoms with Gasteiger partial charge in [0, 0.05) is 31.0 Å². The number of nitrogens with one attached hydrogen (secondary N) is 2. The number of benzene rings is 4. The Morgan fingerprint density at radius 1 is 0.872 bits per heavy atom. The second kappa shape index (κ2) is 13.0. The fraction of sp³-hybridized carbons (Fsp3) is 0.125. The molecule has 0 aliphatic heterocycles. The summed E-state index contributed by atoms with van der Waals surface area (Å²) in [7, 11) is -4.05. The minimum Gasteiger partial charge on any atom is -0.497 e. The average Bonchev–Trinajstić information content (AvgIpc) is 3.28. The summed E-state index contributed by atoms with van der Waals surface area (Å²) in [6.07, 6.45) is 0. The summed E-state index contributed by atoms with van der Waals surface area (Å²) in [5.41, 5.74) is 0.727. The Morgan fingerprint density at radius 3 is 2.19 bits per heavy atom. The lowest BCUT2D eigenvalue weighted by Crippen LogP contribution is -2.32. The Kier molecular flexibility index (Phi) is 9.20. The van der Waals surface area contributed by atoms with Crippen LogP contribution in [0.5, 0.6) is 5.75 Å². The lowest BCUT2D eigenvalue weighted by Gasteiger charge is -2.18. The molecular formula is C32H30ClN5O7S2. The minimum atomic E-state index is -4.30. The molecule has 5 aromatic rings. The SMILES string of the molecule is COc1ccc(NS(=O)(=O)c2cc(NC(=O)c3cccc(S(=O)(=O)N(C)c4c(C)n(C)n(-c5ccccc5)c4=O)c3)ccc2Cl)cc1. The highest BCUT2D eigenvalue weighted by molar-refractivity contribution is 7.93. The highest BCUT2D eigenvalue weighted by Gasteiger charge is 2.29. The Labute approximate surface area is 276 Å². The van der Waals surface area contributed by atoms with Crippen LogP contribution >= 0.6 is 11.6 Å². The fourth-order valence-electron chi connectivity index (χ4n) is 4.85. The smallest absolute Gasteiger partial charge is 0.296 e. The van der Waals surface area contributed by atoms with Crippen molar-refractivity contribution in [2.45, 2.75) is 16.7 Å². The fourth-order valence-corrected chi connectivity index (χ4v) is 7.73. The van der Waals surface area contributed by atoms with Gasteiger partial charge in [0.15, 0.2) is 0 Å². The van der Waals surface area contributed by atoms with Crippen LogP contribution in [0.3, 0.4) is 0 Å².